The third-order valence-electron chi connectivity index (χ3n) is 5.67. The molecule has 138 valence electrons. The zero-order valence-electron chi connectivity index (χ0n) is 16.0. The Hall–Kier alpha value is -2.61. The molecule has 1 saturated heterocycles. The van der Waals surface area contributed by atoms with Crippen LogP contribution in [0.25, 0.3) is 22.0 Å². The number of nitrogens with one attached hydrogen (secondary N) is 2. The van der Waals surface area contributed by atoms with E-state index >= 15 is 0 Å². The van der Waals surface area contributed by atoms with E-state index in [4.69, 9.17) is 0 Å². The fourth-order valence-electron chi connectivity index (χ4n) is 4.11. The quantitative estimate of drug-likeness (QED) is 0.735. The summed E-state index contributed by atoms with van der Waals surface area (Å²) in [5, 5.41) is 14.0. The Kier molecular flexibility index (Phi) is 4.98. The number of hydrogen-bond donors (Lipinski definition) is 2. The van der Waals surface area contributed by atoms with Crippen molar-refractivity contribution in [3.8, 4) is 17.2 Å². The summed E-state index contributed by atoms with van der Waals surface area (Å²) < 4.78 is 0. The number of aryl methyl sites for hydroxylation is 1. The van der Waals surface area contributed by atoms with E-state index in [0.717, 1.165) is 48.2 Å². The zero-order chi connectivity index (χ0) is 18.8. The van der Waals surface area contributed by atoms with E-state index in [-0.39, 0.29) is 0 Å². The number of H-pyrrole nitrogens is 1. The first-order valence-corrected chi connectivity index (χ1v) is 9.75. The predicted octanol–water partition coefficient (Wildman–Crippen LogP) is 4.20. The molecule has 2 N–H and O–H groups in total. The monoisotopic (exact) mass is 358 g/mol. The molecule has 4 rings (SSSR count). The molecule has 0 saturated carbocycles. The van der Waals surface area contributed by atoms with Crippen molar-refractivity contribution in [1.82, 2.24) is 15.2 Å². The van der Waals surface area contributed by atoms with Gasteiger partial charge in [0.25, 0.3) is 0 Å². The average Bonchev–Trinajstić information content (AvgIpc) is 3.14. The van der Waals surface area contributed by atoms with Crippen LogP contribution in [0.2, 0.25) is 0 Å². The van der Waals surface area contributed by atoms with Crippen LogP contribution >= 0.6 is 0 Å². The number of aromatic amines is 1. The summed E-state index contributed by atoms with van der Waals surface area (Å²) >= 11 is 0. The molecule has 1 unspecified atom stereocenters. The summed E-state index contributed by atoms with van der Waals surface area (Å²) in [4.78, 5) is 5.84. The van der Waals surface area contributed by atoms with Crippen LogP contribution < -0.4 is 5.32 Å². The number of aromatic nitrogens is 1. The maximum atomic E-state index is 9.36. The molecule has 0 spiro atoms. The Morgan fingerprint density at radius 1 is 1.19 bits per heavy atom. The fraction of sp³-hybridized carbons (Fsp3) is 0.348. The highest BCUT2D eigenvalue weighted by Gasteiger charge is 2.18. The van der Waals surface area contributed by atoms with Crippen LogP contribution in [0.15, 0.2) is 42.6 Å². The maximum absolute atomic E-state index is 9.36. The van der Waals surface area contributed by atoms with Crippen LogP contribution in [-0.4, -0.2) is 35.6 Å². The van der Waals surface area contributed by atoms with Gasteiger partial charge in [0.15, 0.2) is 0 Å². The topological polar surface area (TPSA) is 54.9 Å². The first-order chi connectivity index (χ1) is 13.2. The molecule has 27 heavy (non-hydrogen) atoms. The van der Waals surface area contributed by atoms with Crippen molar-refractivity contribution in [2.45, 2.75) is 32.9 Å². The van der Waals surface area contributed by atoms with Gasteiger partial charge in [0, 0.05) is 49.4 Å². The number of benzene rings is 2. The lowest BCUT2D eigenvalue weighted by Crippen LogP contribution is -2.49. The van der Waals surface area contributed by atoms with E-state index in [0.29, 0.717) is 11.6 Å². The molecule has 1 fully saturated rings. The highest BCUT2D eigenvalue weighted by molar-refractivity contribution is 5.99. The molecule has 0 amide bonds. The van der Waals surface area contributed by atoms with E-state index in [1.165, 1.54) is 17.5 Å². The molecule has 4 nitrogen and oxygen atoms in total. The van der Waals surface area contributed by atoms with Crippen molar-refractivity contribution in [2.75, 3.05) is 19.6 Å². The second-order valence-corrected chi connectivity index (χ2v) is 7.49. The van der Waals surface area contributed by atoms with Gasteiger partial charge in [0.2, 0.25) is 0 Å². The van der Waals surface area contributed by atoms with Crippen LogP contribution in [0.4, 0.5) is 0 Å². The zero-order valence-corrected chi connectivity index (χ0v) is 16.0. The summed E-state index contributed by atoms with van der Waals surface area (Å²) in [6.07, 6.45) is 2.99. The first-order valence-electron chi connectivity index (χ1n) is 9.75. The Morgan fingerprint density at radius 2 is 2.00 bits per heavy atom. The summed E-state index contributed by atoms with van der Waals surface area (Å²) in [6, 6.07) is 16.0. The summed E-state index contributed by atoms with van der Waals surface area (Å²) in [5.41, 5.74) is 6.58. The second-order valence-electron chi connectivity index (χ2n) is 7.49. The number of hydrogen-bond acceptors (Lipinski definition) is 3. The molecule has 3 aromatic rings. The summed E-state index contributed by atoms with van der Waals surface area (Å²) in [6.45, 7) is 8.61. The van der Waals surface area contributed by atoms with Gasteiger partial charge in [-0.15, -0.1) is 0 Å². The van der Waals surface area contributed by atoms with Gasteiger partial charge in [0.05, 0.1) is 11.1 Å². The Balaban J connectivity index is 1.58. The van der Waals surface area contributed by atoms with Crippen LogP contribution in [-0.2, 0) is 6.54 Å². The molecule has 0 bridgehead atoms. The number of piperazine rings is 1. The molecule has 2 heterocycles. The Bertz CT molecular complexity index is 978. The molecule has 1 atom stereocenters. The van der Waals surface area contributed by atoms with E-state index in [9.17, 15) is 5.26 Å². The third-order valence-corrected chi connectivity index (χ3v) is 5.67. The predicted molar refractivity (Wildman–Crippen MR) is 111 cm³/mol. The minimum absolute atomic E-state index is 0.612. The lowest BCUT2D eigenvalue weighted by Gasteiger charge is -2.33. The molecule has 1 aliphatic heterocycles. The first kappa shape index (κ1) is 17.8. The standard InChI is InChI=1S/C23H26N4/c1-3-20-15-27(11-10-25-20)14-17-5-7-18(8-6-17)21-9-4-16(2)22-19(12-24)13-26-23(21)22/h4-9,13,20,25-26H,3,10-11,14-15H2,1-2H3. The van der Waals surface area contributed by atoms with Gasteiger partial charge in [0.1, 0.15) is 6.07 Å². The lowest BCUT2D eigenvalue weighted by atomic mass is 9.98. The van der Waals surface area contributed by atoms with Crippen LogP contribution in [0.3, 0.4) is 0 Å². The Morgan fingerprint density at radius 3 is 2.74 bits per heavy atom. The second kappa shape index (κ2) is 7.56. The van der Waals surface area contributed by atoms with E-state index in [1.54, 1.807) is 0 Å². The lowest BCUT2D eigenvalue weighted by molar-refractivity contribution is 0.190. The fourth-order valence-corrected chi connectivity index (χ4v) is 4.11. The molecule has 2 aromatic carbocycles. The SMILES string of the molecule is CCC1CN(Cc2ccc(-c3ccc(C)c4c(C#N)c[nH]c34)cc2)CCN1. The minimum atomic E-state index is 0.612. The van der Waals surface area contributed by atoms with E-state index in [2.05, 4.69) is 71.5 Å². The number of fused-ring (bicyclic) bond motifs is 1. The van der Waals surface area contributed by atoms with Crippen molar-refractivity contribution in [2.24, 2.45) is 0 Å². The van der Waals surface area contributed by atoms with Gasteiger partial charge < -0.3 is 10.3 Å². The number of nitriles is 1. The van der Waals surface area contributed by atoms with Crippen molar-refractivity contribution in [1.29, 1.82) is 5.26 Å². The number of nitrogens with zero attached hydrogens (tertiary/aromatic N) is 2. The van der Waals surface area contributed by atoms with E-state index < -0.39 is 0 Å². The number of rotatable bonds is 4. The van der Waals surface area contributed by atoms with Gasteiger partial charge in [-0.1, -0.05) is 43.3 Å². The van der Waals surface area contributed by atoms with Crippen molar-refractivity contribution < 1.29 is 0 Å². The molecule has 1 aromatic heterocycles. The van der Waals surface area contributed by atoms with Crippen LogP contribution in [0.1, 0.15) is 30.0 Å². The maximum Gasteiger partial charge on any atom is 0.101 e. The molecule has 0 radical (unpaired) electrons. The van der Waals surface area contributed by atoms with Gasteiger partial charge in [-0.25, -0.2) is 0 Å². The van der Waals surface area contributed by atoms with Gasteiger partial charge >= 0.3 is 0 Å². The molecular formula is C23H26N4. The van der Waals surface area contributed by atoms with Crippen LogP contribution in [0, 0.1) is 18.3 Å². The average molecular weight is 358 g/mol. The van der Waals surface area contributed by atoms with Crippen molar-refractivity contribution in [3.63, 3.8) is 0 Å². The largest absolute Gasteiger partial charge is 0.359 e. The van der Waals surface area contributed by atoms with Crippen molar-refractivity contribution in [3.05, 3.63) is 59.3 Å². The van der Waals surface area contributed by atoms with Gasteiger partial charge in [-0.05, 0) is 30.0 Å². The molecule has 1 aliphatic rings. The molecular weight excluding hydrogens is 332 g/mol. The molecule has 4 heteroatoms. The van der Waals surface area contributed by atoms with Crippen LogP contribution in [0.5, 0.6) is 0 Å². The normalized spacial score (nSPS) is 17.9. The smallest absolute Gasteiger partial charge is 0.101 e. The third kappa shape index (κ3) is 3.49. The minimum Gasteiger partial charge on any atom is -0.359 e. The highest BCUT2D eigenvalue weighted by Crippen LogP contribution is 2.32. The summed E-state index contributed by atoms with van der Waals surface area (Å²) in [5.74, 6) is 0. The molecule has 0 aliphatic carbocycles. The Labute approximate surface area is 160 Å². The summed E-state index contributed by atoms with van der Waals surface area (Å²) in [7, 11) is 0. The highest BCUT2D eigenvalue weighted by atomic mass is 15.2. The van der Waals surface area contributed by atoms with Gasteiger partial charge in [-0.3, -0.25) is 4.90 Å². The van der Waals surface area contributed by atoms with Crippen molar-refractivity contribution >= 4 is 10.9 Å². The van der Waals surface area contributed by atoms with Gasteiger partial charge in [-0.2, -0.15) is 5.26 Å². The van der Waals surface area contributed by atoms with E-state index in [1.807, 2.05) is 6.20 Å².